The molecule has 27 heavy (non-hydrogen) atoms. The SMILES string of the molecule is COc1ccc([C@H](C)NC(=O)c2cnc(N)nc2-c2ccccc2)cc1F. The minimum Gasteiger partial charge on any atom is -0.494 e. The molecule has 0 saturated heterocycles. The van der Waals surface area contributed by atoms with E-state index in [1.807, 2.05) is 30.3 Å². The molecule has 3 N–H and O–H groups in total. The normalized spacial score (nSPS) is 11.7. The first-order valence-electron chi connectivity index (χ1n) is 8.32. The fourth-order valence-electron chi connectivity index (χ4n) is 2.69. The third kappa shape index (κ3) is 4.03. The molecule has 1 aromatic heterocycles. The van der Waals surface area contributed by atoms with Crippen LogP contribution in [0.1, 0.15) is 28.9 Å². The molecule has 0 aliphatic carbocycles. The molecule has 2 aromatic carbocycles. The number of halogens is 1. The van der Waals surface area contributed by atoms with E-state index in [9.17, 15) is 9.18 Å². The highest BCUT2D eigenvalue weighted by Crippen LogP contribution is 2.24. The number of aromatic nitrogens is 2. The van der Waals surface area contributed by atoms with Gasteiger partial charge in [0.2, 0.25) is 5.95 Å². The van der Waals surface area contributed by atoms with E-state index in [2.05, 4.69) is 15.3 Å². The molecule has 0 saturated carbocycles. The molecule has 0 aliphatic rings. The van der Waals surface area contributed by atoms with Crippen molar-refractivity contribution >= 4 is 11.9 Å². The zero-order valence-electron chi connectivity index (χ0n) is 14.9. The van der Waals surface area contributed by atoms with E-state index >= 15 is 0 Å². The largest absolute Gasteiger partial charge is 0.494 e. The van der Waals surface area contributed by atoms with E-state index in [0.717, 1.165) is 5.56 Å². The number of methoxy groups -OCH3 is 1. The first-order chi connectivity index (χ1) is 13.0. The lowest BCUT2D eigenvalue weighted by Crippen LogP contribution is -2.27. The lowest BCUT2D eigenvalue weighted by molar-refractivity contribution is 0.0940. The van der Waals surface area contributed by atoms with Gasteiger partial charge in [-0.3, -0.25) is 4.79 Å². The van der Waals surface area contributed by atoms with Gasteiger partial charge >= 0.3 is 0 Å². The average Bonchev–Trinajstić information content (AvgIpc) is 2.68. The summed E-state index contributed by atoms with van der Waals surface area (Å²) in [6.07, 6.45) is 1.39. The monoisotopic (exact) mass is 366 g/mol. The number of nitrogens with two attached hydrogens (primary N) is 1. The standard InChI is InChI=1S/C20H19FN4O2/c1-12(14-8-9-17(27-2)16(21)10-14)24-19(26)15-11-23-20(22)25-18(15)13-6-4-3-5-7-13/h3-12H,1-2H3,(H,24,26)(H2,22,23,25)/t12-/m0/s1. The molecule has 0 radical (unpaired) electrons. The summed E-state index contributed by atoms with van der Waals surface area (Å²) in [4.78, 5) is 20.9. The number of hydrogen-bond acceptors (Lipinski definition) is 5. The molecule has 1 heterocycles. The molecule has 1 atom stereocenters. The van der Waals surface area contributed by atoms with E-state index < -0.39 is 11.9 Å². The van der Waals surface area contributed by atoms with Gasteiger partial charge in [-0.25, -0.2) is 14.4 Å². The number of carbonyl (C=O) groups excluding carboxylic acids is 1. The van der Waals surface area contributed by atoms with Gasteiger partial charge in [0.05, 0.1) is 24.4 Å². The fourth-order valence-corrected chi connectivity index (χ4v) is 2.69. The molecular weight excluding hydrogens is 347 g/mol. The van der Waals surface area contributed by atoms with Crippen LogP contribution in [0.2, 0.25) is 0 Å². The van der Waals surface area contributed by atoms with E-state index in [-0.39, 0.29) is 23.2 Å². The van der Waals surface area contributed by atoms with Crippen LogP contribution in [0.5, 0.6) is 5.75 Å². The van der Waals surface area contributed by atoms with E-state index in [1.165, 1.54) is 25.4 Å². The molecule has 0 bridgehead atoms. The highest BCUT2D eigenvalue weighted by molar-refractivity contribution is 6.00. The second-order valence-corrected chi connectivity index (χ2v) is 5.95. The summed E-state index contributed by atoms with van der Waals surface area (Å²) in [5, 5.41) is 2.84. The number of benzene rings is 2. The Balaban J connectivity index is 1.87. The summed E-state index contributed by atoms with van der Waals surface area (Å²) in [6, 6.07) is 13.4. The van der Waals surface area contributed by atoms with E-state index in [4.69, 9.17) is 10.5 Å². The topological polar surface area (TPSA) is 90.1 Å². The van der Waals surface area contributed by atoms with Crippen LogP contribution >= 0.6 is 0 Å². The van der Waals surface area contributed by atoms with Gasteiger partial charge in [-0.2, -0.15) is 0 Å². The molecular formula is C20H19FN4O2. The van der Waals surface area contributed by atoms with E-state index in [1.54, 1.807) is 13.0 Å². The zero-order chi connectivity index (χ0) is 19.4. The predicted octanol–water partition coefficient (Wildman–Crippen LogP) is 3.36. The smallest absolute Gasteiger partial charge is 0.255 e. The number of anilines is 1. The first-order valence-corrected chi connectivity index (χ1v) is 8.32. The van der Waals surface area contributed by atoms with Crippen LogP contribution in [0.25, 0.3) is 11.3 Å². The number of amides is 1. The predicted molar refractivity (Wildman–Crippen MR) is 101 cm³/mol. The quantitative estimate of drug-likeness (QED) is 0.723. The first kappa shape index (κ1) is 18.3. The van der Waals surface area contributed by atoms with Crippen LogP contribution in [-0.2, 0) is 0 Å². The summed E-state index contributed by atoms with van der Waals surface area (Å²) in [7, 11) is 1.40. The molecule has 0 aliphatic heterocycles. The minimum absolute atomic E-state index is 0.0793. The number of carbonyl (C=O) groups is 1. The van der Waals surface area contributed by atoms with Crippen molar-refractivity contribution in [3.8, 4) is 17.0 Å². The van der Waals surface area contributed by atoms with Gasteiger partial charge in [-0.15, -0.1) is 0 Å². The molecule has 1 amide bonds. The Morgan fingerprint density at radius 3 is 2.63 bits per heavy atom. The van der Waals surface area contributed by atoms with Crippen molar-refractivity contribution in [1.82, 2.24) is 15.3 Å². The zero-order valence-corrected chi connectivity index (χ0v) is 14.9. The highest BCUT2D eigenvalue weighted by Gasteiger charge is 2.19. The number of hydrogen-bond donors (Lipinski definition) is 2. The highest BCUT2D eigenvalue weighted by atomic mass is 19.1. The van der Waals surface area contributed by atoms with Crippen molar-refractivity contribution in [3.63, 3.8) is 0 Å². The Bertz CT molecular complexity index is 963. The number of rotatable bonds is 5. The lowest BCUT2D eigenvalue weighted by Gasteiger charge is -2.16. The van der Waals surface area contributed by atoms with Gasteiger partial charge in [-0.1, -0.05) is 36.4 Å². The van der Waals surface area contributed by atoms with Gasteiger partial charge in [0.25, 0.3) is 5.91 Å². The average molecular weight is 366 g/mol. The van der Waals surface area contributed by atoms with Crippen molar-refractivity contribution in [2.24, 2.45) is 0 Å². The van der Waals surface area contributed by atoms with Crippen molar-refractivity contribution < 1.29 is 13.9 Å². The molecule has 0 spiro atoms. The summed E-state index contributed by atoms with van der Waals surface area (Å²) >= 11 is 0. The summed E-state index contributed by atoms with van der Waals surface area (Å²) in [5.41, 5.74) is 7.78. The third-order valence-corrected chi connectivity index (χ3v) is 4.12. The van der Waals surface area contributed by atoms with Gasteiger partial charge in [0.15, 0.2) is 11.6 Å². The summed E-state index contributed by atoms with van der Waals surface area (Å²) in [5.74, 6) is -0.638. The van der Waals surface area contributed by atoms with Crippen LogP contribution in [-0.4, -0.2) is 23.0 Å². The van der Waals surface area contributed by atoms with Crippen LogP contribution in [0.15, 0.2) is 54.7 Å². The van der Waals surface area contributed by atoms with Gasteiger partial charge < -0.3 is 15.8 Å². The van der Waals surface area contributed by atoms with Crippen LogP contribution in [0.3, 0.4) is 0 Å². The Hall–Kier alpha value is -3.48. The number of nitrogen functional groups attached to an aromatic ring is 1. The summed E-state index contributed by atoms with van der Waals surface area (Å²) < 4.78 is 18.8. The van der Waals surface area contributed by atoms with Gasteiger partial charge in [0, 0.05) is 11.8 Å². The van der Waals surface area contributed by atoms with Crippen molar-refractivity contribution in [1.29, 1.82) is 0 Å². The fraction of sp³-hybridized carbons (Fsp3) is 0.150. The van der Waals surface area contributed by atoms with Crippen LogP contribution in [0, 0.1) is 5.82 Å². The van der Waals surface area contributed by atoms with Crippen LogP contribution in [0.4, 0.5) is 10.3 Å². The van der Waals surface area contributed by atoms with Gasteiger partial charge in [-0.05, 0) is 24.6 Å². The number of nitrogens with one attached hydrogen (secondary N) is 1. The molecule has 7 heteroatoms. The Labute approximate surface area is 156 Å². The number of ether oxygens (including phenoxy) is 1. The second-order valence-electron chi connectivity index (χ2n) is 5.95. The minimum atomic E-state index is -0.489. The second kappa shape index (κ2) is 7.82. The Kier molecular flexibility index (Phi) is 5.30. The lowest BCUT2D eigenvalue weighted by atomic mass is 10.0. The molecule has 138 valence electrons. The van der Waals surface area contributed by atoms with Crippen LogP contribution < -0.4 is 15.8 Å². The maximum atomic E-state index is 13.9. The Morgan fingerprint density at radius 2 is 1.96 bits per heavy atom. The van der Waals surface area contributed by atoms with Crippen molar-refractivity contribution in [2.75, 3.05) is 12.8 Å². The maximum absolute atomic E-state index is 13.9. The third-order valence-electron chi connectivity index (χ3n) is 4.12. The Morgan fingerprint density at radius 1 is 1.22 bits per heavy atom. The number of nitrogens with zero attached hydrogens (tertiary/aromatic N) is 2. The molecule has 0 fully saturated rings. The molecule has 6 nitrogen and oxygen atoms in total. The van der Waals surface area contributed by atoms with Crippen molar-refractivity contribution in [3.05, 3.63) is 71.7 Å². The van der Waals surface area contributed by atoms with Crippen molar-refractivity contribution in [2.45, 2.75) is 13.0 Å². The maximum Gasteiger partial charge on any atom is 0.255 e. The molecule has 3 aromatic rings. The molecule has 3 rings (SSSR count). The van der Waals surface area contributed by atoms with E-state index in [0.29, 0.717) is 11.3 Å². The van der Waals surface area contributed by atoms with Gasteiger partial charge in [0.1, 0.15) is 0 Å². The molecule has 0 unspecified atom stereocenters. The summed E-state index contributed by atoms with van der Waals surface area (Å²) in [6.45, 7) is 1.76.